The van der Waals surface area contributed by atoms with Crippen molar-refractivity contribution in [2.45, 2.75) is 30.6 Å². The van der Waals surface area contributed by atoms with E-state index >= 15 is 0 Å². The van der Waals surface area contributed by atoms with Crippen LogP contribution in [0.1, 0.15) is 25.3 Å². The Morgan fingerprint density at radius 2 is 2.22 bits per heavy atom. The summed E-state index contributed by atoms with van der Waals surface area (Å²) in [5.41, 5.74) is 0.563. The van der Waals surface area contributed by atoms with Crippen molar-refractivity contribution in [2.24, 2.45) is 5.16 Å². The van der Waals surface area contributed by atoms with Crippen molar-refractivity contribution >= 4 is 37.4 Å². The largest absolute Gasteiger partial charge is 0.480 e. The fraction of sp³-hybridized carbons (Fsp3) is 0.429. The molecular weight excluding hydrogens is 393 g/mol. The van der Waals surface area contributed by atoms with Gasteiger partial charge in [-0.05, 0) is 25.1 Å². The van der Waals surface area contributed by atoms with Crippen molar-refractivity contribution < 1.29 is 27.5 Å². The standard InChI is InChI=1S/C14H15BrFNO5S/c1-14(13(18)19,23(2,20)21)7-9-6-12(17-22-9)10-4-3-8(15)5-11(10)16/h3-5,9H,6-7H2,1-2H3,(H,18,19)/t9-,14?/m1/s1. The van der Waals surface area contributed by atoms with Crippen LogP contribution in [-0.2, 0) is 19.5 Å². The molecule has 0 radical (unpaired) electrons. The molecule has 1 aromatic rings. The first-order valence-electron chi connectivity index (χ1n) is 6.65. The van der Waals surface area contributed by atoms with Gasteiger partial charge in [0.15, 0.2) is 14.6 Å². The SMILES string of the molecule is CC(C[C@H]1CC(c2ccc(Br)cc2F)=NO1)(C(=O)O)S(C)(=O)=O. The molecule has 0 saturated heterocycles. The van der Waals surface area contributed by atoms with E-state index in [4.69, 9.17) is 4.84 Å². The van der Waals surface area contributed by atoms with E-state index in [1.54, 1.807) is 6.07 Å². The van der Waals surface area contributed by atoms with Gasteiger partial charge in [-0.3, -0.25) is 4.79 Å². The maximum Gasteiger partial charge on any atom is 0.324 e. The first-order valence-corrected chi connectivity index (χ1v) is 9.34. The number of nitrogens with zero attached hydrogens (tertiary/aromatic N) is 1. The number of carboxylic acid groups (broad SMARTS) is 1. The molecule has 0 aromatic heterocycles. The zero-order chi connectivity index (χ0) is 17.4. The lowest BCUT2D eigenvalue weighted by Crippen LogP contribution is -2.45. The van der Waals surface area contributed by atoms with Crippen molar-refractivity contribution in [1.82, 2.24) is 0 Å². The molecule has 6 nitrogen and oxygen atoms in total. The predicted octanol–water partition coefficient (Wildman–Crippen LogP) is 2.36. The topological polar surface area (TPSA) is 93.0 Å². The van der Waals surface area contributed by atoms with Crippen LogP contribution < -0.4 is 0 Å². The Balaban J connectivity index is 2.17. The molecule has 1 aliphatic rings. The summed E-state index contributed by atoms with van der Waals surface area (Å²) in [6.07, 6.45) is -0.0148. The van der Waals surface area contributed by atoms with E-state index < -0.39 is 32.5 Å². The molecule has 1 aliphatic heterocycles. The molecule has 9 heteroatoms. The van der Waals surface area contributed by atoms with Crippen molar-refractivity contribution in [3.05, 3.63) is 34.1 Å². The molecule has 1 aromatic carbocycles. The van der Waals surface area contributed by atoms with E-state index in [1.165, 1.54) is 12.1 Å². The third-order valence-electron chi connectivity index (χ3n) is 3.86. The van der Waals surface area contributed by atoms with Gasteiger partial charge in [0.1, 0.15) is 11.9 Å². The Labute approximate surface area is 141 Å². The van der Waals surface area contributed by atoms with Gasteiger partial charge in [0, 0.05) is 29.1 Å². The summed E-state index contributed by atoms with van der Waals surface area (Å²) in [5, 5.41) is 13.0. The number of rotatable bonds is 5. The predicted molar refractivity (Wildman–Crippen MR) is 85.6 cm³/mol. The third-order valence-corrected chi connectivity index (χ3v) is 6.33. The van der Waals surface area contributed by atoms with Crippen LogP contribution in [0.4, 0.5) is 4.39 Å². The Hall–Kier alpha value is -1.48. The van der Waals surface area contributed by atoms with Crippen LogP contribution in [0.2, 0.25) is 0 Å². The second kappa shape index (κ2) is 6.20. The number of hydrogen-bond acceptors (Lipinski definition) is 5. The summed E-state index contributed by atoms with van der Waals surface area (Å²) in [4.78, 5) is 16.5. The number of oxime groups is 1. The highest BCUT2D eigenvalue weighted by atomic mass is 79.9. The van der Waals surface area contributed by atoms with Crippen LogP contribution >= 0.6 is 15.9 Å². The van der Waals surface area contributed by atoms with Crippen LogP contribution in [-0.4, -0.2) is 42.3 Å². The molecule has 0 amide bonds. The molecule has 0 aliphatic carbocycles. The van der Waals surface area contributed by atoms with Crippen molar-refractivity contribution in [3.63, 3.8) is 0 Å². The summed E-state index contributed by atoms with van der Waals surface area (Å²) in [6.45, 7) is 1.13. The minimum atomic E-state index is -3.86. The van der Waals surface area contributed by atoms with Gasteiger partial charge in [-0.2, -0.15) is 0 Å². The zero-order valence-electron chi connectivity index (χ0n) is 12.4. The molecule has 0 bridgehead atoms. The maximum absolute atomic E-state index is 13.9. The molecule has 2 atom stereocenters. The first-order chi connectivity index (χ1) is 10.5. The van der Waals surface area contributed by atoms with Gasteiger partial charge in [-0.25, -0.2) is 12.8 Å². The Bertz CT molecular complexity index is 779. The van der Waals surface area contributed by atoms with Crippen molar-refractivity contribution in [3.8, 4) is 0 Å². The van der Waals surface area contributed by atoms with Crippen LogP contribution in [0.3, 0.4) is 0 Å². The minimum absolute atomic E-state index is 0.136. The second-order valence-corrected chi connectivity index (χ2v) is 8.97. The van der Waals surface area contributed by atoms with E-state index in [2.05, 4.69) is 21.1 Å². The van der Waals surface area contributed by atoms with Gasteiger partial charge < -0.3 is 9.94 Å². The monoisotopic (exact) mass is 407 g/mol. The van der Waals surface area contributed by atoms with Crippen LogP contribution in [0, 0.1) is 5.82 Å². The number of benzene rings is 1. The summed E-state index contributed by atoms with van der Waals surface area (Å²) < 4.78 is 36.1. The number of carboxylic acids is 1. The van der Waals surface area contributed by atoms with Gasteiger partial charge in [0.05, 0.1) is 5.71 Å². The highest BCUT2D eigenvalue weighted by Gasteiger charge is 2.47. The lowest BCUT2D eigenvalue weighted by atomic mass is 9.97. The maximum atomic E-state index is 13.9. The smallest absolute Gasteiger partial charge is 0.324 e. The molecule has 1 unspecified atom stereocenters. The van der Waals surface area contributed by atoms with E-state index in [9.17, 15) is 22.7 Å². The van der Waals surface area contributed by atoms with Gasteiger partial charge in [-0.1, -0.05) is 21.1 Å². The Morgan fingerprint density at radius 3 is 2.74 bits per heavy atom. The lowest BCUT2D eigenvalue weighted by molar-refractivity contribution is -0.140. The highest BCUT2D eigenvalue weighted by molar-refractivity contribution is 9.10. The molecule has 126 valence electrons. The summed E-state index contributed by atoms with van der Waals surface area (Å²) in [6, 6.07) is 4.45. The molecule has 23 heavy (non-hydrogen) atoms. The number of sulfone groups is 1. The molecular formula is C14H15BrFNO5S. The second-order valence-electron chi connectivity index (χ2n) is 5.61. The third kappa shape index (κ3) is 3.55. The number of aliphatic carboxylic acids is 1. The lowest BCUT2D eigenvalue weighted by Gasteiger charge is -2.24. The minimum Gasteiger partial charge on any atom is -0.480 e. The zero-order valence-corrected chi connectivity index (χ0v) is 14.8. The Morgan fingerprint density at radius 1 is 1.57 bits per heavy atom. The van der Waals surface area contributed by atoms with E-state index in [-0.39, 0.29) is 18.4 Å². The van der Waals surface area contributed by atoms with Gasteiger partial charge >= 0.3 is 5.97 Å². The first kappa shape index (κ1) is 17.9. The van der Waals surface area contributed by atoms with E-state index in [0.717, 1.165) is 13.2 Å². The molecule has 0 spiro atoms. The summed E-state index contributed by atoms with van der Waals surface area (Å²) >= 11 is 3.15. The highest BCUT2D eigenvalue weighted by Crippen LogP contribution is 2.30. The van der Waals surface area contributed by atoms with Gasteiger partial charge in [-0.15, -0.1) is 0 Å². The molecule has 0 saturated carbocycles. The molecule has 1 heterocycles. The van der Waals surface area contributed by atoms with E-state index in [1.807, 2.05) is 0 Å². The summed E-state index contributed by atoms with van der Waals surface area (Å²) in [5.74, 6) is -1.95. The van der Waals surface area contributed by atoms with Crippen molar-refractivity contribution in [1.29, 1.82) is 0 Å². The van der Waals surface area contributed by atoms with Crippen LogP contribution in [0.15, 0.2) is 27.8 Å². The van der Waals surface area contributed by atoms with Crippen molar-refractivity contribution in [2.75, 3.05) is 6.26 Å². The number of halogens is 2. The average molecular weight is 408 g/mol. The fourth-order valence-electron chi connectivity index (χ4n) is 2.25. The van der Waals surface area contributed by atoms with Gasteiger partial charge in [0.25, 0.3) is 0 Å². The molecule has 1 N–H and O–H groups in total. The quantitative estimate of drug-likeness (QED) is 0.808. The van der Waals surface area contributed by atoms with E-state index in [0.29, 0.717) is 10.2 Å². The molecule has 0 fully saturated rings. The van der Waals surface area contributed by atoms with Crippen LogP contribution in [0.5, 0.6) is 0 Å². The Kier molecular flexibility index (Phi) is 4.81. The summed E-state index contributed by atoms with van der Waals surface area (Å²) in [7, 11) is -3.86. The fourth-order valence-corrected chi connectivity index (χ4v) is 3.39. The number of carbonyl (C=O) groups is 1. The number of hydrogen-bond donors (Lipinski definition) is 1. The van der Waals surface area contributed by atoms with Gasteiger partial charge in [0.2, 0.25) is 0 Å². The normalized spacial score (nSPS) is 20.5. The van der Waals surface area contributed by atoms with Crippen LogP contribution in [0.25, 0.3) is 0 Å². The average Bonchev–Trinajstić information content (AvgIpc) is 2.85. The molecule has 2 rings (SSSR count).